The number of carbonyl (C=O) groups excluding carboxylic acids is 1. The number of hydrogen-bond acceptors (Lipinski definition) is 3. The first kappa shape index (κ1) is 22.6. The molecule has 0 aliphatic carbocycles. The van der Waals surface area contributed by atoms with Crippen molar-refractivity contribution in [3.05, 3.63) is 89.5 Å². The Hall–Kier alpha value is -3.12. The average molecular weight is 437 g/mol. The summed E-state index contributed by atoms with van der Waals surface area (Å²) in [6.07, 6.45) is 3.33. The SMILES string of the molecule is CCCCc1ccc(NC(=O)c2ccc(N(C)S(=O)(=O)c3ccccc3)c(C)c2)cc1. The molecule has 0 aliphatic rings. The molecule has 0 saturated carbocycles. The van der Waals surface area contributed by atoms with Gasteiger partial charge in [0.15, 0.2) is 0 Å². The number of rotatable bonds is 8. The predicted octanol–water partition coefficient (Wildman–Crippen LogP) is 5.42. The maximum absolute atomic E-state index is 12.9. The number of sulfonamides is 1. The summed E-state index contributed by atoms with van der Waals surface area (Å²) in [5, 5.41) is 2.90. The van der Waals surface area contributed by atoms with E-state index in [0.717, 1.165) is 24.9 Å². The van der Waals surface area contributed by atoms with E-state index in [1.807, 2.05) is 24.3 Å². The van der Waals surface area contributed by atoms with Crippen LogP contribution in [0.15, 0.2) is 77.7 Å². The van der Waals surface area contributed by atoms with Crippen LogP contribution in [0.5, 0.6) is 0 Å². The van der Waals surface area contributed by atoms with E-state index >= 15 is 0 Å². The summed E-state index contributed by atoms with van der Waals surface area (Å²) in [4.78, 5) is 12.9. The van der Waals surface area contributed by atoms with Gasteiger partial charge < -0.3 is 5.32 Å². The minimum Gasteiger partial charge on any atom is -0.322 e. The lowest BCUT2D eigenvalue weighted by Gasteiger charge is -2.22. The van der Waals surface area contributed by atoms with Gasteiger partial charge in [0.2, 0.25) is 0 Å². The summed E-state index contributed by atoms with van der Waals surface area (Å²) in [6, 6.07) is 21.2. The Morgan fingerprint density at radius 3 is 2.26 bits per heavy atom. The Balaban J connectivity index is 1.75. The van der Waals surface area contributed by atoms with E-state index in [2.05, 4.69) is 12.2 Å². The Bertz CT molecular complexity index is 1140. The Kier molecular flexibility index (Phi) is 7.13. The fourth-order valence-electron chi connectivity index (χ4n) is 3.37. The van der Waals surface area contributed by atoms with Crippen molar-refractivity contribution in [3.8, 4) is 0 Å². The second kappa shape index (κ2) is 9.79. The molecule has 0 saturated heterocycles. The molecule has 3 aromatic carbocycles. The standard InChI is InChI=1S/C25H28N2O3S/c1-4-5-9-20-12-15-22(16-13-20)26-25(28)21-14-17-24(19(2)18-21)27(3)31(29,30)23-10-7-6-8-11-23/h6-8,10-18H,4-5,9H2,1-3H3,(H,26,28). The first-order chi connectivity index (χ1) is 14.8. The molecule has 0 atom stereocenters. The smallest absolute Gasteiger partial charge is 0.264 e. The Morgan fingerprint density at radius 2 is 1.65 bits per heavy atom. The normalized spacial score (nSPS) is 11.2. The van der Waals surface area contributed by atoms with Crippen molar-refractivity contribution in [2.45, 2.75) is 38.0 Å². The van der Waals surface area contributed by atoms with Crippen molar-refractivity contribution in [1.29, 1.82) is 0 Å². The highest BCUT2D eigenvalue weighted by Crippen LogP contribution is 2.26. The minimum absolute atomic E-state index is 0.223. The van der Waals surface area contributed by atoms with Crippen molar-refractivity contribution in [3.63, 3.8) is 0 Å². The highest BCUT2D eigenvalue weighted by Gasteiger charge is 2.22. The van der Waals surface area contributed by atoms with Crippen molar-refractivity contribution < 1.29 is 13.2 Å². The maximum Gasteiger partial charge on any atom is 0.264 e. The molecule has 0 unspecified atom stereocenters. The highest BCUT2D eigenvalue weighted by atomic mass is 32.2. The third kappa shape index (κ3) is 5.33. The molecule has 0 radical (unpaired) electrons. The molecule has 5 nitrogen and oxygen atoms in total. The van der Waals surface area contributed by atoms with Crippen LogP contribution >= 0.6 is 0 Å². The van der Waals surface area contributed by atoms with Crippen molar-refractivity contribution in [2.75, 3.05) is 16.7 Å². The average Bonchev–Trinajstić information content (AvgIpc) is 2.78. The molecule has 31 heavy (non-hydrogen) atoms. The van der Waals surface area contributed by atoms with E-state index in [4.69, 9.17) is 0 Å². The van der Waals surface area contributed by atoms with Gasteiger partial charge in [-0.05, 0) is 73.4 Å². The van der Waals surface area contributed by atoms with E-state index in [1.54, 1.807) is 55.5 Å². The summed E-state index contributed by atoms with van der Waals surface area (Å²) in [7, 11) is -2.16. The zero-order chi connectivity index (χ0) is 22.4. The third-order valence-electron chi connectivity index (χ3n) is 5.23. The van der Waals surface area contributed by atoms with E-state index in [9.17, 15) is 13.2 Å². The molecule has 3 rings (SSSR count). The maximum atomic E-state index is 12.9. The molecule has 0 fully saturated rings. The van der Waals surface area contributed by atoms with Gasteiger partial charge in [-0.3, -0.25) is 9.10 Å². The summed E-state index contributed by atoms with van der Waals surface area (Å²) >= 11 is 0. The van der Waals surface area contributed by atoms with Gasteiger partial charge in [0, 0.05) is 18.3 Å². The van der Waals surface area contributed by atoms with E-state index in [1.165, 1.54) is 16.9 Å². The summed E-state index contributed by atoms with van der Waals surface area (Å²) < 4.78 is 27.0. The zero-order valence-corrected chi connectivity index (χ0v) is 18.9. The van der Waals surface area contributed by atoms with Crippen LogP contribution in [0.25, 0.3) is 0 Å². The lowest BCUT2D eigenvalue weighted by molar-refractivity contribution is 0.102. The van der Waals surface area contributed by atoms with Gasteiger partial charge >= 0.3 is 0 Å². The predicted molar refractivity (Wildman–Crippen MR) is 126 cm³/mol. The van der Waals surface area contributed by atoms with Crippen LogP contribution < -0.4 is 9.62 Å². The molecule has 6 heteroatoms. The van der Waals surface area contributed by atoms with Gasteiger partial charge in [0.05, 0.1) is 10.6 Å². The molecule has 0 aromatic heterocycles. The number of nitrogens with one attached hydrogen (secondary N) is 1. The number of hydrogen-bond donors (Lipinski definition) is 1. The van der Waals surface area contributed by atoms with Gasteiger partial charge in [0.1, 0.15) is 0 Å². The van der Waals surface area contributed by atoms with E-state index in [-0.39, 0.29) is 10.8 Å². The van der Waals surface area contributed by atoms with Gasteiger partial charge in [-0.15, -0.1) is 0 Å². The van der Waals surface area contributed by atoms with Crippen molar-refractivity contribution in [2.24, 2.45) is 0 Å². The monoisotopic (exact) mass is 436 g/mol. The summed E-state index contributed by atoms with van der Waals surface area (Å²) in [6.45, 7) is 3.96. The summed E-state index contributed by atoms with van der Waals surface area (Å²) in [5.41, 5.74) is 3.69. The molecule has 1 N–H and O–H groups in total. The first-order valence-electron chi connectivity index (χ1n) is 10.4. The second-order valence-corrected chi connectivity index (χ2v) is 9.51. The van der Waals surface area contributed by atoms with Crippen LogP contribution in [0.4, 0.5) is 11.4 Å². The number of nitrogens with zero attached hydrogens (tertiary/aromatic N) is 1. The molecule has 0 spiro atoms. The van der Waals surface area contributed by atoms with Gasteiger partial charge in [0.25, 0.3) is 15.9 Å². The van der Waals surface area contributed by atoms with Crippen molar-refractivity contribution >= 4 is 27.3 Å². The number of anilines is 2. The number of carbonyl (C=O) groups is 1. The van der Waals surface area contributed by atoms with Crippen molar-refractivity contribution in [1.82, 2.24) is 0 Å². The number of unbranched alkanes of at least 4 members (excludes halogenated alkanes) is 1. The minimum atomic E-state index is -3.67. The van der Waals surface area contributed by atoms with Crippen LogP contribution in [0.2, 0.25) is 0 Å². The second-order valence-electron chi connectivity index (χ2n) is 7.54. The molecule has 3 aromatic rings. The largest absolute Gasteiger partial charge is 0.322 e. The van der Waals surface area contributed by atoms with Gasteiger partial charge in [-0.1, -0.05) is 43.7 Å². The van der Waals surface area contributed by atoms with Crippen LogP contribution in [0.3, 0.4) is 0 Å². The molecular formula is C25H28N2O3S. The van der Waals surface area contributed by atoms with E-state index in [0.29, 0.717) is 16.8 Å². The fraction of sp³-hybridized carbons (Fsp3) is 0.240. The highest BCUT2D eigenvalue weighted by molar-refractivity contribution is 7.92. The number of amides is 1. The van der Waals surface area contributed by atoms with Gasteiger partial charge in [-0.25, -0.2) is 8.42 Å². The van der Waals surface area contributed by atoms with Crippen LogP contribution in [0.1, 0.15) is 41.3 Å². The van der Waals surface area contributed by atoms with Gasteiger partial charge in [-0.2, -0.15) is 0 Å². The molecule has 0 aliphatic heterocycles. The van der Waals surface area contributed by atoms with Crippen LogP contribution in [-0.4, -0.2) is 21.4 Å². The lowest BCUT2D eigenvalue weighted by atomic mass is 10.1. The topological polar surface area (TPSA) is 66.5 Å². The zero-order valence-electron chi connectivity index (χ0n) is 18.1. The molecule has 1 amide bonds. The van der Waals surface area contributed by atoms with Crippen LogP contribution in [0, 0.1) is 6.92 Å². The number of aryl methyl sites for hydroxylation is 2. The molecular weight excluding hydrogens is 408 g/mol. The Labute approximate surface area is 184 Å². The molecule has 0 bridgehead atoms. The Morgan fingerprint density at radius 1 is 0.968 bits per heavy atom. The molecule has 0 heterocycles. The quantitative estimate of drug-likeness (QED) is 0.513. The number of benzene rings is 3. The fourth-order valence-corrected chi connectivity index (χ4v) is 4.65. The lowest BCUT2D eigenvalue weighted by Crippen LogP contribution is -2.27. The first-order valence-corrected chi connectivity index (χ1v) is 11.8. The molecule has 162 valence electrons. The van der Waals surface area contributed by atoms with Crippen LogP contribution in [-0.2, 0) is 16.4 Å². The summed E-state index contributed by atoms with van der Waals surface area (Å²) in [5.74, 6) is -0.232. The third-order valence-corrected chi connectivity index (χ3v) is 7.02. The van der Waals surface area contributed by atoms with E-state index < -0.39 is 10.0 Å².